The summed E-state index contributed by atoms with van der Waals surface area (Å²) in [6, 6.07) is 0. The number of rotatable bonds is 9. The van der Waals surface area contributed by atoms with Gasteiger partial charge in [0.1, 0.15) is 0 Å². The van der Waals surface area contributed by atoms with Crippen molar-refractivity contribution in [1.82, 2.24) is 0 Å². The van der Waals surface area contributed by atoms with E-state index in [-0.39, 0.29) is 17.5 Å². The van der Waals surface area contributed by atoms with E-state index in [1.807, 2.05) is 20.8 Å². The van der Waals surface area contributed by atoms with Gasteiger partial charge in [-0.3, -0.25) is 4.79 Å². The lowest BCUT2D eigenvalue weighted by Gasteiger charge is -2.43. The van der Waals surface area contributed by atoms with E-state index in [4.69, 9.17) is 23.7 Å². The second-order valence-corrected chi connectivity index (χ2v) is 15.9. The van der Waals surface area contributed by atoms with Gasteiger partial charge in [0.15, 0.2) is 11.6 Å². The predicted molar refractivity (Wildman–Crippen MR) is 166 cm³/mol. The first-order valence-corrected chi connectivity index (χ1v) is 18.0. The Morgan fingerprint density at radius 2 is 1.26 bits per heavy atom. The molecule has 6 fully saturated rings. The Kier molecular flexibility index (Phi) is 11.2. The Morgan fingerprint density at radius 1 is 0.767 bits per heavy atom. The van der Waals surface area contributed by atoms with Gasteiger partial charge in [0.05, 0.1) is 38.6 Å². The number of ether oxygens (including phenoxy) is 5. The first kappa shape index (κ1) is 33.6. The van der Waals surface area contributed by atoms with Crippen molar-refractivity contribution in [2.45, 2.75) is 166 Å². The zero-order valence-corrected chi connectivity index (χ0v) is 27.7. The quantitative estimate of drug-likeness (QED) is 0.268. The molecule has 0 aromatic rings. The van der Waals surface area contributed by atoms with Crippen LogP contribution in [0, 0.1) is 22.7 Å². The first-order chi connectivity index (χ1) is 20.6. The average molecular weight is 607 g/mol. The summed E-state index contributed by atoms with van der Waals surface area (Å²) in [5.74, 6) is 1.10. The maximum atomic E-state index is 11.4. The van der Waals surface area contributed by atoms with Crippen LogP contribution in [0.5, 0.6) is 0 Å². The Balaban J connectivity index is 0.000000171. The Bertz CT molecular complexity index is 887. The Labute approximate surface area is 261 Å². The molecular formula is C36H62O7. The monoisotopic (exact) mass is 606 g/mol. The maximum Gasteiger partial charge on any atom is 0.305 e. The molecule has 0 aromatic heterocycles. The lowest BCUT2D eigenvalue weighted by atomic mass is 9.69. The average Bonchev–Trinajstić information content (AvgIpc) is 3.75. The van der Waals surface area contributed by atoms with Crippen LogP contribution in [-0.4, -0.2) is 61.3 Å². The SMILES string of the molecule is CC(C)(O)CCC[C@@H]1CC[C@@]2(CCCC3(C2)OCCO3)C1.CCOC(=O)CCC[C@@H]1CC[C@@]2(CCCC3(C2)OCCO3)C1. The van der Waals surface area contributed by atoms with Crippen LogP contribution in [0.1, 0.15) is 149 Å². The molecular weight excluding hydrogens is 544 g/mol. The van der Waals surface area contributed by atoms with Crippen LogP contribution in [0.25, 0.3) is 0 Å². The smallest absolute Gasteiger partial charge is 0.305 e. The summed E-state index contributed by atoms with van der Waals surface area (Å²) in [7, 11) is 0. The molecule has 7 heteroatoms. The molecule has 7 nitrogen and oxygen atoms in total. The Morgan fingerprint density at radius 3 is 1.72 bits per heavy atom. The van der Waals surface area contributed by atoms with Crippen LogP contribution in [0.3, 0.4) is 0 Å². The lowest BCUT2D eigenvalue weighted by molar-refractivity contribution is -0.202. The van der Waals surface area contributed by atoms with Crippen LogP contribution < -0.4 is 0 Å². The number of carbonyl (C=O) groups is 1. The van der Waals surface area contributed by atoms with E-state index in [1.54, 1.807) is 0 Å². The zero-order valence-electron chi connectivity index (χ0n) is 27.7. The highest BCUT2D eigenvalue weighted by Crippen LogP contribution is 2.57. The van der Waals surface area contributed by atoms with Crippen molar-refractivity contribution >= 4 is 5.97 Å². The molecule has 6 rings (SSSR count). The van der Waals surface area contributed by atoms with Crippen molar-refractivity contribution in [3.63, 3.8) is 0 Å². The molecule has 6 aliphatic rings. The van der Waals surface area contributed by atoms with E-state index < -0.39 is 5.60 Å². The fourth-order valence-electron chi connectivity index (χ4n) is 9.96. The molecule has 0 radical (unpaired) electrons. The van der Waals surface area contributed by atoms with Crippen LogP contribution >= 0.6 is 0 Å². The standard InChI is InChI=1S/C18H30O4.C18H32O3/c1-2-20-16(19)6-3-5-15-7-10-17(13-15)8-4-9-18(14-17)21-11-12-22-18;1-16(2,19)7-3-5-15-6-10-17(13-15)8-4-9-18(14-17)20-11-12-21-18/h15H,2-14H2,1H3;15,19H,3-14H2,1-2H3/t2*15-,17+/m11/s1. The molecule has 0 bridgehead atoms. The number of carbonyl (C=O) groups excluding carboxylic acids is 1. The third-order valence-corrected chi connectivity index (χ3v) is 11.8. The van der Waals surface area contributed by atoms with Crippen molar-refractivity contribution < 1.29 is 33.6 Å². The molecule has 248 valence electrons. The minimum absolute atomic E-state index is 0.0421. The van der Waals surface area contributed by atoms with Crippen LogP contribution in [0.4, 0.5) is 0 Å². The van der Waals surface area contributed by atoms with Gasteiger partial charge < -0.3 is 28.8 Å². The Hall–Kier alpha value is -0.730. The van der Waals surface area contributed by atoms with Gasteiger partial charge in [0.25, 0.3) is 0 Å². The zero-order chi connectivity index (χ0) is 30.4. The summed E-state index contributed by atoms with van der Waals surface area (Å²) in [6.07, 6.45) is 23.6. The molecule has 4 saturated carbocycles. The second kappa shape index (κ2) is 14.4. The van der Waals surface area contributed by atoms with Gasteiger partial charge in [-0.15, -0.1) is 0 Å². The molecule has 43 heavy (non-hydrogen) atoms. The van der Waals surface area contributed by atoms with E-state index in [0.717, 1.165) is 89.6 Å². The highest BCUT2D eigenvalue weighted by molar-refractivity contribution is 5.69. The van der Waals surface area contributed by atoms with E-state index in [1.165, 1.54) is 70.6 Å². The highest BCUT2D eigenvalue weighted by Gasteiger charge is 2.52. The number of hydrogen-bond donors (Lipinski definition) is 1. The summed E-state index contributed by atoms with van der Waals surface area (Å²) >= 11 is 0. The van der Waals surface area contributed by atoms with Gasteiger partial charge in [-0.1, -0.05) is 12.8 Å². The van der Waals surface area contributed by atoms with Crippen LogP contribution in [0.15, 0.2) is 0 Å². The third kappa shape index (κ3) is 9.18. The number of esters is 1. The largest absolute Gasteiger partial charge is 0.466 e. The van der Waals surface area contributed by atoms with Gasteiger partial charge in [-0.2, -0.15) is 0 Å². The molecule has 2 saturated heterocycles. The summed E-state index contributed by atoms with van der Waals surface area (Å²) in [4.78, 5) is 11.4. The van der Waals surface area contributed by atoms with Gasteiger partial charge in [0.2, 0.25) is 0 Å². The van der Waals surface area contributed by atoms with Gasteiger partial charge in [0, 0.05) is 32.1 Å². The summed E-state index contributed by atoms with van der Waals surface area (Å²) in [5.41, 5.74) is 0.426. The summed E-state index contributed by atoms with van der Waals surface area (Å²) in [6.45, 7) is 9.29. The van der Waals surface area contributed by atoms with E-state index in [9.17, 15) is 9.90 Å². The van der Waals surface area contributed by atoms with Crippen molar-refractivity contribution in [3.8, 4) is 0 Å². The first-order valence-electron chi connectivity index (χ1n) is 18.0. The van der Waals surface area contributed by atoms with E-state index >= 15 is 0 Å². The third-order valence-electron chi connectivity index (χ3n) is 11.8. The minimum atomic E-state index is -0.503. The molecule has 4 spiro atoms. The predicted octanol–water partition coefficient (Wildman–Crippen LogP) is 7.85. The van der Waals surface area contributed by atoms with E-state index in [2.05, 4.69) is 0 Å². The van der Waals surface area contributed by atoms with Crippen molar-refractivity contribution in [2.24, 2.45) is 22.7 Å². The second-order valence-electron chi connectivity index (χ2n) is 15.9. The van der Waals surface area contributed by atoms with Crippen LogP contribution in [-0.2, 0) is 28.5 Å². The van der Waals surface area contributed by atoms with Crippen LogP contribution in [0.2, 0.25) is 0 Å². The molecule has 4 atom stereocenters. The summed E-state index contributed by atoms with van der Waals surface area (Å²) < 4.78 is 28.9. The molecule has 4 aliphatic carbocycles. The molecule has 0 aromatic carbocycles. The van der Waals surface area contributed by atoms with Gasteiger partial charge >= 0.3 is 5.97 Å². The fourth-order valence-corrected chi connectivity index (χ4v) is 9.96. The van der Waals surface area contributed by atoms with Gasteiger partial charge in [-0.25, -0.2) is 0 Å². The number of hydrogen-bond acceptors (Lipinski definition) is 7. The van der Waals surface area contributed by atoms with Crippen molar-refractivity contribution in [1.29, 1.82) is 0 Å². The molecule has 1 N–H and O–H groups in total. The van der Waals surface area contributed by atoms with E-state index in [0.29, 0.717) is 23.9 Å². The molecule has 2 heterocycles. The van der Waals surface area contributed by atoms with Crippen molar-refractivity contribution in [3.05, 3.63) is 0 Å². The van der Waals surface area contributed by atoms with Crippen molar-refractivity contribution in [2.75, 3.05) is 33.0 Å². The summed E-state index contributed by atoms with van der Waals surface area (Å²) in [5, 5.41) is 9.84. The normalized spacial score (nSPS) is 34.7. The molecule has 0 unspecified atom stereocenters. The maximum absolute atomic E-state index is 11.4. The van der Waals surface area contributed by atoms with Gasteiger partial charge in [-0.05, 0) is 127 Å². The molecule has 0 amide bonds. The fraction of sp³-hybridized carbons (Fsp3) is 0.972. The lowest BCUT2D eigenvalue weighted by Crippen LogP contribution is -2.41. The minimum Gasteiger partial charge on any atom is -0.466 e. The topological polar surface area (TPSA) is 83.5 Å². The highest BCUT2D eigenvalue weighted by atomic mass is 16.7. The molecule has 2 aliphatic heterocycles. The number of aliphatic hydroxyl groups is 1.